The SMILES string of the molecule is CCn1ncc2c3c(NCc4ccc(OC)c(Cl)c4)nnc(C(CCN)C(N)=O)c3cnc21. The number of carbonyl (C=O) groups is 1. The average Bonchev–Trinajstić information content (AvgIpc) is 3.24. The van der Waals surface area contributed by atoms with Gasteiger partial charge < -0.3 is 21.5 Å². The number of anilines is 1. The number of primary amides is 1. The number of benzene rings is 1. The van der Waals surface area contributed by atoms with Gasteiger partial charge in [0.05, 0.1) is 35.3 Å². The van der Waals surface area contributed by atoms with Crippen molar-refractivity contribution in [3.05, 3.63) is 46.9 Å². The topological polar surface area (TPSA) is 147 Å². The molecule has 0 saturated heterocycles. The molecule has 4 aromatic rings. The monoisotopic (exact) mass is 468 g/mol. The minimum Gasteiger partial charge on any atom is -0.495 e. The van der Waals surface area contributed by atoms with E-state index in [0.29, 0.717) is 59.4 Å². The van der Waals surface area contributed by atoms with E-state index in [-0.39, 0.29) is 0 Å². The number of aromatic nitrogens is 5. The summed E-state index contributed by atoms with van der Waals surface area (Å²) < 4.78 is 7.02. The standard InChI is InChI=1S/C22H25ClN8O2/c1-3-31-22-15(11-28-31)18-14(10-27-22)19(13(6-7-24)20(25)32)29-30-21(18)26-9-12-4-5-17(33-2)16(23)8-12/h4-5,8,10-11,13H,3,6-7,9,24H2,1-2H3,(H2,25,32)(H,26,30). The van der Waals surface area contributed by atoms with Crippen LogP contribution in [0, 0.1) is 0 Å². The van der Waals surface area contributed by atoms with Crippen LogP contribution >= 0.6 is 11.6 Å². The van der Waals surface area contributed by atoms with Gasteiger partial charge in [-0.05, 0) is 37.6 Å². The van der Waals surface area contributed by atoms with Crippen LogP contribution in [-0.4, -0.2) is 44.5 Å². The van der Waals surface area contributed by atoms with Crippen molar-refractivity contribution in [2.24, 2.45) is 11.5 Å². The van der Waals surface area contributed by atoms with Gasteiger partial charge >= 0.3 is 0 Å². The van der Waals surface area contributed by atoms with E-state index >= 15 is 0 Å². The molecule has 11 heteroatoms. The number of carbonyl (C=O) groups excluding carboxylic acids is 1. The number of ether oxygens (including phenoxy) is 1. The smallest absolute Gasteiger partial charge is 0.226 e. The van der Waals surface area contributed by atoms with Crippen LogP contribution in [0.4, 0.5) is 5.82 Å². The lowest BCUT2D eigenvalue weighted by molar-refractivity contribution is -0.119. The molecule has 33 heavy (non-hydrogen) atoms. The normalized spacial score (nSPS) is 12.2. The predicted molar refractivity (Wildman–Crippen MR) is 127 cm³/mol. The van der Waals surface area contributed by atoms with Gasteiger partial charge in [-0.2, -0.15) is 10.2 Å². The third kappa shape index (κ3) is 4.27. The number of rotatable bonds is 9. The lowest BCUT2D eigenvalue weighted by Crippen LogP contribution is -2.25. The van der Waals surface area contributed by atoms with Crippen LogP contribution in [0.2, 0.25) is 5.02 Å². The Balaban J connectivity index is 1.83. The molecule has 0 saturated carbocycles. The first kappa shape index (κ1) is 22.7. The van der Waals surface area contributed by atoms with Crippen molar-refractivity contribution in [2.75, 3.05) is 19.0 Å². The average molecular weight is 469 g/mol. The fraction of sp³-hybridized carbons (Fsp3) is 0.318. The van der Waals surface area contributed by atoms with Crippen molar-refractivity contribution in [3.8, 4) is 5.75 Å². The lowest BCUT2D eigenvalue weighted by Gasteiger charge is -2.16. The van der Waals surface area contributed by atoms with E-state index in [9.17, 15) is 4.79 Å². The van der Waals surface area contributed by atoms with Crippen LogP contribution < -0.4 is 21.5 Å². The van der Waals surface area contributed by atoms with Gasteiger partial charge in [-0.25, -0.2) is 9.67 Å². The molecule has 3 heterocycles. The Bertz CT molecular complexity index is 1320. The summed E-state index contributed by atoms with van der Waals surface area (Å²) in [4.78, 5) is 16.7. The molecule has 1 unspecified atom stereocenters. The zero-order chi connectivity index (χ0) is 23.5. The molecule has 0 fully saturated rings. The summed E-state index contributed by atoms with van der Waals surface area (Å²) in [6, 6.07) is 5.55. The molecule has 172 valence electrons. The van der Waals surface area contributed by atoms with Crippen LogP contribution in [0.1, 0.15) is 30.5 Å². The first-order valence-corrected chi connectivity index (χ1v) is 10.9. The van der Waals surface area contributed by atoms with E-state index in [4.69, 9.17) is 27.8 Å². The van der Waals surface area contributed by atoms with Crippen molar-refractivity contribution in [3.63, 3.8) is 0 Å². The second-order valence-electron chi connectivity index (χ2n) is 7.53. The Morgan fingerprint density at radius 3 is 2.76 bits per heavy atom. The molecule has 0 radical (unpaired) electrons. The largest absolute Gasteiger partial charge is 0.495 e. The Morgan fingerprint density at radius 1 is 1.27 bits per heavy atom. The highest BCUT2D eigenvalue weighted by molar-refractivity contribution is 6.32. The second kappa shape index (κ2) is 9.55. The third-order valence-electron chi connectivity index (χ3n) is 5.54. The summed E-state index contributed by atoms with van der Waals surface area (Å²) in [5.74, 6) is -0.0271. The molecule has 0 aliphatic heterocycles. The van der Waals surface area contributed by atoms with E-state index in [1.807, 2.05) is 25.1 Å². The maximum absolute atomic E-state index is 12.2. The summed E-state index contributed by atoms with van der Waals surface area (Å²) in [6.07, 6.45) is 3.80. The summed E-state index contributed by atoms with van der Waals surface area (Å²) in [5.41, 5.74) is 13.5. The summed E-state index contributed by atoms with van der Waals surface area (Å²) in [5, 5.41) is 19.3. The molecule has 0 aliphatic carbocycles. The number of nitrogens with zero attached hydrogens (tertiary/aromatic N) is 5. The molecule has 1 atom stereocenters. The highest BCUT2D eigenvalue weighted by Crippen LogP contribution is 2.34. The van der Waals surface area contributed by atoms with Gasteiger partial charge in [-0.3, -0.25) is 4.79 Å². The van der Waals surface area contributed by atoms with Gasteiger partial charge in [-0.15, -0.1) is 5.10 Å². The van der Waals surface area contributed by atoms with Gasteiger partial charge in [0.2, 0.25) is 5.91 Å². The first-order valence-electron chi connectivity index (χ1n) is 10.5. The predicted octanol–water partition coefficient (Wildman–Crippen LogP) is 2.59. The quantitative estimate of drug-likeness (QED) is 0.339. The number of hydrogen-bond acceptors (Lipinski definition) is 8. The van der Waals surface area contributed by atoms with Crippen LogP contribution in [0.15, 0.2) is 30.6 Å². The van der Waals surface area contributed by atoms with Crippen molar-refractivity contribution in [1.29, 1.82) is 0 Å². The van der Waals surface area contributed by atoms with Gasteiger partial charge in [0.25, 0.3) is 0 Å². The highest BCUT2D eigenvalue weighted by Gasteiger charge is 2.25. The fourth-order valence-corrected chi connectivity index (χ4v) is 4.16. The molecular weight excluding hydrogens is 444 g/mol. The number of methoxy groups -OCH3 is 1. The number of pyridine rings is 1. The summed E-state index contributed by atoms with van der Waals surface area (Å²) in [6.45, 7) is 3.39. The maximum Gasteiger partial charge on any atom is 0.226 e. The molecular formula is C22H25ClN8O2. The van der Waals surface area contributed by atoms with Gasteiger partial charge in [0.15, 0.2) is 11.5 Å². The number of nitrogens with one attached hydrogen (secondary N) is 1. The summed E-state index contributed by atoms with van der Waals surface area (Å²) in [7, 11) is 1.57. The number of nitrogens with two attached hydrogens (primary N) is 2. The maximum atomic E-state index is 12.2. The lowest BCUT2D eigenvalue weighted by atomic mass is 9.96. The molecule has 0 bridgehead atoms. The molecule has 1 aromatic carbocycles. The molecule has 0 aliphatic rings. The van der Waals surface area contributed by atoms with Crippen molar-refractivity contribution in [1.82, 2.24) is 25.0 Å². The molecule has 1 amide bonds. The zero-order valence-electron chi connectivity index (χ0n) is 18.4. The Morgan fingerprint density at radius 2 is 2.09 bits per heavy atom. The second-order valence-corrected chi connectivity index (χ2v) is 7.94. The van der Waals surface area contributed by atoms with E-state index in [1.54, 1.807) is 24.2 Å². The Labute approximate surface area is 195 Å². The van der Waals surface area contributed by atoms with Crippen molar-refractivity contribution < 1.29 is 9.53 Å². The first-order chi connectivity index (χ1) is 16.0. The van der Waals surface area contributed by atoms with Gasteiger partial charge in [0, 0.05) is 30.1 Å². The summed E-state index contributed by atoms with van der Waals surface area (Å²) >= 11 is 6.26. The van der Waals surface area contributed by atoms with E-state index in [2.05, 4.69) is 25.6 Å². The molecule has 10 nitrogen and oxygen atoms in total. The van der Waals surface area contributed by atoms with Crippen molar-refractivity contribution >= 4 is 45.1 Å². The van der Waals surface area contributed by atoms with Gasteiger partial charge in [0.1, 0.15) is 5.75 Å². The number of hydrogen-bond donors (Lipinski definition) is 3. The van der Waals surface area contributed by atoms with Crippen LogP contribution in [0.3, 0.4) is 0 Å². The highest BCUT2D eigenvalue weighted by atomic mass is 35.5. The Hall–Kier alpha value is -3.50. The van der Waals surface area contributed by atoms with E-state index in [1.165, 1.54) is 0 Å². The number of fused-ring (bicyclic) bond motifs is 3. The van der Waals surface area contributed by atoms with Crippen LogP contribution in [0.5, 0.6) is 5.75 Å². The molecule has 5 N–H and O–H groups in total. The Kier molecular flexibility index (Phi) is 6.57. The molecule has 3 aromatic heterocycles. The number of aryl methyl sites for hydroxylation is 1. The molecule has 4 rings (SSSR count). The molecule has 0 spiro atoms. The van der Waals surface area contributed by atoms with E-state index in [0.717, 1.165) is 16.3 Å². The van der Waals surface area contributed by atoms with Crippen LogP contribution in [0.25, 0.3) is 21.8 Å². The minimum atomic E-state index is -0.667. The minimum absolute atomic E-state index is 0.290. The van der Waals surface area contributed by atoms with E-state index < -0.39 is 11.8 Å². The zero-order valence-corrected chi connectivity index (χ0v) is 19.1. The number of amides is 1. The van der Waals surface area contributed by atoms with Gasteiger partial charge in [-0.1, -0.05) is 17.7 Å². The number of halogens is 1. The fourth-order valence-electron chi connectivity index (χ4n) is 3.88. The third-order valence-corrected chi connectivity index (χ3v) is 5.84. The van der Waals surface area contributed by atoms with Crippen molar-refractivity contribution in [2.45, 2.75) is 32.4 Å². The van der Waals surface area contributed by atoms with Crippen LogP contribution in [-0.2, 0) is 17.9 Å².